The van der Waals surface area contributed by atoms with Crippen LogP contribution in [0, 0.1) is 6.92 Å². The zero-order valence-corrected chi connectivity index (χ0v) is 15.4. The molecule has 25 heavy (non-hydrogen) atoms. The van der Waals surface area contributed by atoms with Crippen molar-refractivity contribution >= 4 is 17.7 Å². The molecule has 0 atom stereocenters. The van der Waals surface area contributed by atoms with Crippen LogP contribution in [0.2, 0.25) is 0 Å². The maximum Gasteiger partial charge on any atom is 0.230 e. The zero-order chi connectivity index (χ0) is 17.6. The lowest BCUT2D eigenvalue weighted by atomic mass is 10.1. The summed E-state index contributed by atoms with van der Waals surface area (Å²) in [4.78, 5) is 12.2. The highest BCUT2D eigenvalue weighted by molar-refractivity contribution is 7.99. The molecule has 0 bridgehead atoms. The number of aryl methyl sites for hydroxylation is 1. The zero-order valence-electron chi connectivity index (χ0n) is 14.6. The van der Waals surface area contributed by atoms with Crippen LogP contribution in [0.1, 0.15) is 44.1 Å². The molecule has 1 aromatic carbocycles. The maximum absolute atomic E-state index is 12.2. The van der Waals surface area contributed by atoms with E-state index in [0.29, 0.717) is 22.8 Å². The predicted octanol–water partition coefficient (Wildman–Crippen LogP) is 2.90. The maximum atomic E-state index is 12.2. The summed E-state index contributed by atoms with van der Waals surface area (Å²) in [6, 6.07) is 8.27. The molecular weight excluding hydrogens is 334 g/mol. The second kappa shape index (κ2) is 8.38. The highest BCUT2D eigenvalue weighted by Crippen LogP contribution is 2.22. The molecule has 0 saturated heterocycles. The monoisotopic (exact) mass is 359 g/mol. The van der Waals surface area contributed by atoms with Gasteiger partial charge in [0.05, 0.1) is 5.75 Å². The van der Waals surface area contributed by atoms with Crippen LogP contribution >= 0.6 is 11.8 Å². The van der Waals surface area contributed by atoms with Crippen molar-refractivity contribution in [3.63, 3.8) is 0 Å². The third-order valence-electron chi connectivity index (χ3n) is 4.53. The fraction of sp³-hybridized carbons (Fsp3) is 0.500. The number of nitrogens with zero attached hydrogens (tertiary/aromatic N) is 3. The SMILES string of the molecule is Cc1ccc(-c2nnc(SCC(=O)NC3CCCCCC3)n2N)cc1. The molecule has 1 saturated carbocycles. The first-order chi connectivity index (χ1) is 12.1. The summed E-state index contributed by atoms with van der Waals surface area (Å²) in [5.74, 6) is 7.05. The number of hydrogen-bond acceptors (Lipinski definition) is 5. The number of rotatable bonds is 5. The number of hydrogen-bond donors (Lipinski definition) is 2. The fourth-order valence-corrected chi connectivity index (χ4v) is 3.77. The Kier molecular flexibility index (Phi) is 5.96. The number of carbonyl (C=O) groups excluding carboxylic acids is 1. The number of amides is 1. The molecule has 2 aromatic rings. The van der Waals surface area contributed by atoms with Gasteiger partial charge < -0.3 is 11.2 Å². The van der Waals surface area contributed by atoms with E-state index < -0.39 is 0 Å². The topological polar surface area (TPSA) is 85.8 Å². The number of carbonyl (C=O) groups is 1. The van der Waals surface area contributed by atoms with Gasteiger partial charge in [-0.2, -0.15) is 0 Å². The Bertz CT molecular complexity index is 705. The van der Waals surface area contributed by atoms with Crippen LogP contribution in [0.3, 0.4) is 0 Å². The van der Waals surface area contributed by atoms with Crippen LogP contribution in [0.15, 0.2) is 29.4 Å². The average Bonchev–Trinajstić information content (AvgIpc) is 2.80. The van der Waals surface area contributed by atoms with Gasteiger partial charge in [-0.1, -0.05) is 67.3 Å². The van der Waals surface area contributed by atoms with Crippen molar-refractivity contribution in [3.8, 4) is 11.4 Å². The molecule has 0 spiro atoms. The van der Waals surface area contributed by atoms with Gasteiger partial charge in [-0.25, -0.2) is 4.68 Å². The summed E-state index contributed by atoms with van der Waals surface area (Å²) in [5.41, 5.74) is 2.09. The number of nitrogen functional groups attached to an aromatic ring is 1. The molecule has 1 aliphatic rings. The van der Waals surface area contributed by atoms with E-state index >= 15 is 0 Å². The summed E-state index contributed by atoms with van der Waals surface area (Å²) in [5, 5.41) is 12.0. The van der Waals surface area contributed by atoms with Crippen molar-refractivity contribution in [3.05, 3.63) is 29.8 Å². The normalized spacial score (nSPS) is 15.7. The lowest BCUT2D eigenvalue weighted by molar-refractivity contribution is -0.119. The van der Waals surface area contributed by atoms with Gasteiger partial charge in [-0.05, 0) is 19.8 Å². The van der Waals surface area contributed by atoms with E-state index in [1.807, 2.05) is 31.2 Å². The summed E-state index contributed by atoms with van der Waals surface area (Å²) in [7, 11) is 0. The Morgan fingerprint density at radius 2 is 1.88 bits per heavy atom. The first kappa shape index (κ1) is 17.8. The van der Waals surface area contributed by atoms with Crippen LogP contribution in [-0.4, -0.2) is 32.6 Å². The minimum absolute atomic E-state index is 0.0387. The van der Waals surface area contributed by atoms with Crippen molar-refractivity contribution in [2.45, 2.75) is 56.6 Å². The molecule has 3 N–H and O–H groups in total. The van der Waals surface area contributed by atoms with Crippen molar-refractivity contribution in [2.75, 3.05) is 11.6 Å². The van der Waals surface area contributed by atoms with Gasteiger partial charge in [0, 0.05) is 11.6 Å². The molecule has 0 unspecified atom stereocenters. The van der Waals surface area contributed by atoms with Crippen LogP contribution in [-0.2, 0) is 4.79 Å². The second-order valence-corrected chi connectivity index (χ2v) is 7.53. The van der Waals surface area contributed by atoms with E-state index in [4.69, 9.17) is 5.84 Å². The Hall–Kier alpha value is -2.02. The molecule has 1 heterocycles. The molecule has 6 nitrogen and oxygen atoms in total. The van der Waals surface area contributed by atoms with Crippen LogP contribution in [0.5, 0.6) is 0 Å². The van der Waals surface area contributed by atoms with Crippen LogP contribution in [0.25, 0.3) is 11.4 Å². The number of nitrogens with one attached hydrogen (secondary N) is 1. The first-order valence-electron chi connectivity index (χ1n) is 8.83. The largest absolute Gasteiger partial charge is 0.353 e. The molecule has 1 amide bonds. The quantitative estimate of drug-likeness (QED) is 0.487. The third kappa shape index (κ3) is 4.75. The van der Waals surface area contributed by atoms with Gasteiger partial charge in [0.1, 0.15) is 0 Å². The fourth-order valence-electron chi connectivity index (χ4n) is 3.10. The summed E-state index contributed by atoms with van der Waals surface area (Å²) in [6.07, 6.45) is 7.13. The predicted molar refractivity (Wildman–Crippen MR) is 101 cm³/mol. The van der Waals surface area contributed by atoms with Gasteiger partial charge in [0.25, 0.3) is 0 Å². The minimum atomic E-state index is 0.0387. The summed E-state index contributed by atoms with van der Waals surface area (Å²) < 4.78 is 1.45. The molecule has 3 rings (SSSR count). The number of aromatic nitrogens is 3. The Morgan fingerprint density at radius 3 is 2.56 bits per heavy atom. The van der Waals surface area contributed by atoms with Crippen molar-refractivity contribution in [1.82, 2.24) is 20.2 Å². The lowest BCUT2D eigenvalue weighted by Crippen LogP contribution is -2.35. The Labute approximate surface area is 152 Å². The van der Waals surface area contributed by atoms with E-state index in [0.717, 1.165) is 18.4 Å². The smallest absolute Gasteiger partial charge is 0.230 e. The van der Waals surface area contributed by atoms with E-state index in [9.17, 15) is 4.79 Å². The van der Waals surface area contributed by atoms with Gasteiger partial charge in [0.2, 0.25) is 11.1 Å². The average molecular weight is 359 g/mol. The Morgan fingerprint density at radius 1 is 1.20 bits per heavy atom. The van der Waals surface area contributed by atoms with E-state index in [2.05, 4.69) is 15.5 Å². The van der Waals surface area contributed by atoms with Crippen molar-refractivity contribution in [2.24, 2.45) is 0 Å². The minimum Gasteiger partial charge on any atom is -0.353 e. The lowest BCUT2D eigenvalue weighted by Gasteiger charge is -2.15. The molecule has 7 heteroatoms. The molecule has 1 fully saturated rings. The van der Waals surface area contributed by atoms with Crippen molar-refractivity contribution < 1.29 is 4.79 Å². The number of thioether (sulfide) groups is 1. The van der Waals surface area contributed by atoms with E-state index in [-0.39, 0.29) is 5.91 Å². The molecular formula is C18H25N5OS. The molecule has 0 radical (unpaired) electrons. The molecule has 1 aliphatic carbocycles. The van der Waals surface area contributed by atoms with Gasteiger partial charge in [-0.3, -0.25) is 4.79 Å². The first-order valence-corrected chi connectivity index (χ1v) is 9.82. The third-order valence-corrected chi connectivity index (χ3v) is 5.47. The van der Waals surface area contributed by atoms with Gasteiger partial charge in [-0.15, -0.1) is 10.2 Å². The van der Waals surface area contributed by atoms with Gasteiger partial charge in [0.15, 0.2) is 5.82 Å². The molecule has 1 aromatic heterocycles. The molecule has 0 aliphatic heterocycles. The van der Waals surface area contributed by atoms with Crippen LogP contribution in [0.4, 0.5) is 0 Å². The van der Waals surface area contributed by atoms with Gasteiger partial charge >= 0.3 is 0 Å². The number of nitrogens with two attached hydrogens (primary N) is 1. The Balaban J connectivity index is 1.56. The standard InChI is InChI=1S/C18H25N5OS/c1-13-8-10-14(11-9-13)17-21-22-18(23(17)19)25-12-16(24)20-15-6-4-2-3-5-7-15/h8-11,15H,2-7,12,19H2,1H3,(H,20,24). The second-order valence-electron chi connectivity index (χ2n) is 6.59. The molecule has 134 valence electrons. The highest BCUT2D eigenvalue weighted by Gasteiger charge is 2.17. The summed E-state index contributed by atoms with van der Waals surface area (Å²) in [6.45, 7) is 2.03. The highest BCUT2D eigenvalue weighted by atomic mass is 32.2. The van der Waals surface area contributed by atoms with Crippen molar-refractivity contribution in [1.29, 1.82) is 0 Å². The number of benzene rings is 1. The van der Waals surface area contributed by atoms with E-state index in [1.165, 1.54) is 47.7 Å². The van der Waals surface area contributed by atoms with Crippen LogP contribution < -0.4 is 11.2 Å². The van der Waals surface area contributed by atoms with E-state index in [1.54, 1.807) is 0 Å². The summed E-state index contributed by atoms with van der Waals surface area (Å²) >= 11 is 1.32.